The van der Waals surface area contributed by atoms with Crippen molar-refractivity contribution in [2.45, 2.75) is 0 Å². The first-order chi connectivity index (χ1) is 10.2. The summed E-state index contributed by atoms with van der Waals surface area (Å²) >= 11 is 0. The van der Waals surface area contributed by atoms with Crippen molar-refractivity contribution < 1.29 is 4.79 Å². The lowest BCUT2D eigenvalue weighted by atomic mass is 10.2. The number of pyridine rings is 2. The Morgan fingerprint density at radius 2 is 1.90 bits per heavy atom. The predicted molar refractivity (Wildman–Crippen MR) is 79.0 cm³/mol. The fourth-order valence-electron chi connectivity index (χ4n) is 2.11. The van der Waals surface area contributed by atoms with E-state index < -0.39 is 5.91 Å². The third-order valence-electron chi connectivity index (χ3n) is 2.97. The molecule has 0 atom stereocenters. The Bertz CT molecular complexity index is 833. The Hall–Kier alpha value is -3.22. The number of aromatic nitrogens is 3. The Balaban J connectivity index is 2.24. The molecule has 0 unspecified atom stereocenters. The number of hydrogen-bond donors (Lipinski definition) is 2. The topological polar surface area (TPSA) is 112 Å². The number of amides is 1. The van der Waals surface area contributed by atoms with Gasteiger partial charge in [-0.25, -0.2) is 4.98 Å². The molecule has 1 amide bonds. The van der Waals surface area contributed by atoms with Crippen LogP contribution in [0.25, 0.3) is 16.7 Å². The van der Waals surface area contributed by atoms with Gasteiger partial charge >= 0.3 is 0 Å². The van der Waals surface area contributed by atoms with E-state index in [0.29, 0.717) is 16.6 Å². The van der Waals surface area contributed by atoms with E-state index in [0.717, 1.165) is 5.69 Å². The number of aliphatic imine (C=N–C) groups is 1. The molecule has 7 heteroatoms. The highest BCUT2D eigenvalue weighted by Gasteiger charge is 2.16. The number of hydrogen-bond acceptors (Lipinski definition) is 3. The average molecular weight is 280 g/mol. The van der Waals surface area contributed by atoms with E-state index in [2.05, 4.69) is 15.0 Å². The largest absolute Gasteiger partial charge is 0.370 e. The van der Waals surface area contributed by atoms with E-state index in [4.69, 9.17) is 11.5 Å². The van der Waals surface area contributed by atoms with Crippen LogP contribution in [0.15, 0.2) is 54.0 Å². The van der Waals surface area contributed by atoms with Gasteiger partial charge in [-0.3, -0.25) is 9.78 Å². The van der Waals surface area contributed by atoms with Crippen molar-refractivity contribution in [2.75, 3.05) is 0 Å². The first-order valence-corrected chi connectivity index (χ1v) is 6.17. The van der Waals surface area contributed by atoms with E-state index in [1.54, 1.807) is 41.5 Å². The summed E-state index contributed by atoms with van der Waals surface area (Å²) in [5.74, 6) is -0.769. The van der Waals surface area contributed by atoms with Gasteiger partial charge in [0, 0.05) is 30.2 Å². The second-order valence-corrected chi connectivity index (χ2v) is 4.33. The zero-order valence-electron chi connectivity index (χ0n) is 11.0. The maximum Gasteiger partial charge on any atom is 0.282 e. The van der Waals surface area contributed by atoms with Crippen LogP contribution >= 0.6 is 0 Å². The van der Waals surface area contributed by atoms with Gasteiger partial charge in [0.25, 0.3) is 5.91 Å². The summed E-state index contributed by atoms with van der Waals surface area (Å²) < 4.78 is 1.80. The molecule has 21 heavy (non-hydrogen) atoms. The van der Waals surface area contributed by atoms with Gasteiger partial charge in [0.05, 0.1) is 11.3 Å². The molecule has 0 aliphatic carbocycles. The highest BCUT2D eigenvalue weighted by molar-refractivity contribution is 6.10. The molecule has 0 saturated heterocycles. The summed E-state index contributed by atoms with van der Waals surface area (Å²) in [6, 6.07) is 7.20. The number of nitrogens with two attached hydrogens (primary N) is 2. The molecule has 104 valence electrons. The molecular weight excluding hydrogens is 268 g/mol. The molecule has 0 fully saturated rings. The molecule has 7 nitrogen and oxygen atoms in total. The standard InChI is InChI=1S/C14H12N6O/c15-14(16)19-13(21)11-8-20(9-3-6-17-7-4-9)12-10(11)2-1-5-18-12/h1-8H,(H4,15,16,19,21). The van der Waals surface area contributed by atoms with Gasteiger partial charge in [0.2, 0.25) is 0 Å². The molecule has 3 aromatic rings. The van der Waals surface area contributed by atoms with Gasteiger partial charge in [0.1, 0.15) is 5.65 Å². The van der Waals surface area contributed by atoms with Crippen molar-refractivity contribution in [3.8, 4) is 5.69 Å². The fourth-order valence-corrected chi connectivity index (χ4v) is 2.11. The molecule has 0 aromatic carbocycles. The molecule has 0 spiro atoms. The first-order valence-electron chi connectivity index (χ1n) is 6.17. The van der Waals surface area contributed by atoms with E-state index in [9.17, 15) is 4.79 Å². The molecule has 4 N–H and O–H groups in total. The SMILES string of the molecule is NC(N)=NC(=O)c1cn(-c2ccncc2)c2ncccc12. The summed E-state index contributed by atoms with van der Waals surface area (Å²) in [7, 11) is 0. The predicted octanol–water partition coefficient (Wildman–Crippen LogP) is 0.834. The highest BCUT2D eigenvalue weighted by Crippen LogP contribution is 2.23. The normalized spacial score (nSPS) is 10.5. The van der Waals surface area contributed by atoms with E-state index in [-0.39, 0.29) is 5.96 Å². The van der Waals surface area contributed by atoms with Gasteiger partial charge < -0.3 is 16.0 Å². The van der Waals surface area contributed by atoms with Crippen LogP contribution in [0, 0.1) is 0 Å². The number of fused-ring (bicyclic) bond motifs is 1. The number of carbonyl (C=O) groups excluding carboxylic acids is 1. The molecule has 3 aromatic heterocycles. The smallest absolute Gasteiger partial charge is 0.282 e. The number of rotatable bonds is 2. The Labute approximate surface area is 119 Å². The first kappa shape index (κ1) is 12.8. The van der Waals surface area contributed by atoms with Gasteiger partial charge in [-0.2, -0.15) is 4.99 Å². The monoisotopic (exact) mass is 280 g/mol. The maximum absolute atomic E-state index is 12.1. The lowest BCUT2D eigenvalue weighted by Gasteiger charge is -2.02. The van der Waals surface area contributed by atoms with Crippen LogP contribution in [0.5, 0.6) is 0 Å². The summed E-state index contributed by atoms with van der Waals surface area (Å²) in [6.45, 7) is 0. The molecule has 3 rings (SSSR count). The number of nitrogens with zero attached hydrogens (tertiary/aromatic N) is 4. The average Bonchev–Trinajstić information content (AvgIpc) is 2.87. The van der Waals surface area contributed by atoms with E-state index in [1.807, 2.05) is 12.1 Å². The zero-order valence-corrected chi connectivity index (χ0v) is 11.0. The molecule has 3 heterocycles. The number of guanidine groups is 1. The van der Waals surface area contributed by atoms with Crippen LogP contribution in [-0.2, 0) is 0 Å². The van der Waals surface area contributed by atoms with Crippen LogP contribution in [0.1, 0.15) is 10.4 Å². The van der Waals surface area contributed by atoms with Crippen molar-refractivity contribution in [3.05, 3.63) is 54.6 Å². The van der Waals surface area contributed by atoms with E-state index in [1.165, 1.54) is 0 Å². The van der Waals surface area contributed by atoms with Gasteiger partial charge in [0.15, 0.2) is 5.96 Å². The summed E-state index contributed by atoms with van der Waals surface area (Å²) in [5.41, 5.74) is 12.4. The van der Waals surface area contributed by atoms with Crippen molar-refractivity contribution in [2.24, 2.45) is 16.5 Å². The highest BCUT2D eigenvalue weighted by atomic mass is 16.1. The third-order valence-corrected chi connectivity index (χ3v) is 2.97. The van der Waals surface area contributed by atoms with Crippen molar-refractivity contribution in [3.63, 3.8) is 0 Å². The van der Waals surface area contributed by atoms with Crippen LogP contribution in [0.2, 0.25) is 0 Å². The van der Waals surface area contributed by atoms with Crippen LogP contribution < -0.4 is 11.5 Å². The van der Waals surface area contributed by atoms with E-state index >= 15 is 0 Å². The third kappa shape index (κ3) is 2.32. The second kappa shape index (κ2) is 5.04. The zero-order chi connectivity index (χ0) is 14.8. The Kier molecular flexibility index (Phi) is 3.07. The number of carbonyl (C=O) groups is 1. The van der Waals surface area contributed by atoms with Crippen molar-refractivity contribution >= 4 is 22.9 Å². The molecule has 0 saturated carbocycles. The van der Waals surface area contributed by atoms with Crippen LogP contribution in [0.4, 0.5) is 0 Å². The summed E-state index contributed by atoms with van der Waals surface area (Å²) in [5, 5.41) is 0.685. The quantitative estimate of drug-likeness (QED) is 0.533. The summed E-state index contributed by atoms with van der Waals surface area (Å²) in [4.78, 5) is 24.0. The van der Waals surface area contributed by atoms with Crippen LogP contribution in [-0.4, -0.2) is 26.4 Å². The summed E-state index contributed by atoms with van der Waals surface area (Å²) in [6.07, 6.45) is 6.67. The molecule has 0 aliphatic heterocycles. The minimum Gasteiger partial charge on any atom is -0.370 e. The minimum absolute atomic E-state index is 0.270. The van der Waals surface area contributed by atoms with Crippen molar-refractivity contribution in [1.29, 1.82) is 0 Å². The lowest BCUT2D eigenvalue weighted by Crippen LogP contribution is -2.24. The lowest BCUT2D eigenvalue weighted by molar-refractivity contribution is 0.100. The van der Waals surface area contributed by atoms with Crippen molar-refractivity contribution in [1.82, 2.24) is 14.5 Å². The Morgan fingerprint density at radius 1 is 1.14 bits per heavy atom. The molecule has 0 aliphatic rings. The molecule has 0 radical (unpaired) electrons. The minimum atomic E-state index is -0.499. The van der Waals surface area contributed by atoms with Gasteiger partial charge in [-0.15, -0.1) is 0 Å². The maximum atomic E-state index is 12.1. The van der Waals surface area contributed by atoms with Crippen LogP contribution in [0.3, 0.4) is 0 Å². The fraction of sp³-hybridized carbons (Fsp3) is 0. The molecule has 0 bridgehead atoms. The Morgan fingerprint density at radius 3 is 2.62 bits per heavy atom. The van der Waals surface area contributed by atoms with Gasteiger partial charge in [-0.05, 0) is 24.3 Å². The van der Waals surface area contributed by atoms with Gasteiger partial charge in [-0.1, -0.05) is 0 Å². The molecular formula is C14H12N6O. The second-order valence-electron chi connectivity index (χ2n) is 4.33.